The van der Waals surface area contributed by atoms with Crippen LogP contribution in [0.3, 0.4) is 0 Å². The lowest BCUT2D eigenvalue weighted by molar-refractivity contribution is 0.584. The van der Waals surface area contributed by atoms with Gasteiger partial charge in [-0.25, -0.2) is 4.68 Å². The summed E-state index contributed by atoms with van der Waals surface area (Å²) in [7, 11) is 0. The standard InChI is InChI=1S/C10H15N5S/c1-7(2)11-5-9-13-14-10(16-9)15-6-8(3)4-12-15/h4,6-7,11H,5H2,1-3H3. The number of rotatable bonds is 4. The summed E-state index contributed by atoms with van der Waals surface area (Å²) >= 11 is 1.56. The van der Waals surface area contributed by atoms with Crippen LogP contribution in [0.15, 0.2) is 12.4 Å². The Hall–Kier alpha value is -1.27. The number of nitrogens with zero attached hydrogens (tertiary/aromatic N) is 4. The molecule has 2 rings (SSSR count). The predicted molar refractivity (Wildman–Crippen MR) is 63.7 cm³/mol. The van der Waals surface area contributed by atoms with Crippen molar-refractivity contribution < 1.29 is 0 Å². The summed E-state index contributed by atoms with van der Waals surface area (Å²) in [5.41, 5.74) is 1.12. The summed E-state index contributed by atoms with van der Waals surface area (Å²) in [6.07, 6.45) is 3.76. The van der Waals surface area contributed by atoms with Crippen LogP contribution in [0.1, 0.15) is 24.4 Å². The molecule has 86 valence electrons. The van der Waals surface area contributed by atoms with E-state index < -0.39 is 0 Å². The van der Waals surface area contributed by atoms with Gasteiger partial charge in [0.2, 0.25) is 5.13 Å². The van der Waals surface area contributed by atoms with Crippen molar-refractivity contribution in [3.05, 3.63) is 23.0 Å². The highest BCUT2D eigenvalue weighted by molar-refractivity contribution is 7.13. The van der Waals surface area contributed by atoms with Gasteiger partial charge in [-0.1, -0.05) is 25.2 Å². The Morgan fingerprint density at radius 1 is 1.44 bits per heavy atom. The van der Waals surface area contributed by atoms with Crippen molar-refractivity contribution in [3.8, 4) is 5.13 Å². The molecule has 0 radical (unpaired) electrons. The molecule has 0 unspecified atom stereocenters. The van der Waals surface area contributed by atoms with E-state index in [-0.39, 0.29) is 0 Å². The maximum atomic E-state index is 4.20. The molecule has 0 saturated carbocycles. The normalized spacial score (nSPS) is 11.2. The van der Waals surface area contributed by atoms with Crippen molar-refractivity contribution in [1.29, 1.82) is 0 Å². The molecular weight excluding hydrogens is 222 g/mol. The highest BCUT2D eigenvalue weighted by Crippen LogP contribution is 2.14. The van der Waals surface area contributed by atoms with Crippen LogP contribution in [0.5, 0.6) is 0 Å². The van der Waals surface area contributed by atoms with Crippen molar-refractivity contribution in [2.24, 2.45) is 0 Å². The summed E-state index contributed by atoms with van der Waals surface area (Å²) in [6.45, 7) is 6.99. The van der Waals surface area contributed by atoms with E-state index in [1.54, 1.807) is 16.0 Å². The van der Waals surface area contributed by atoms with Crippen LogP contribution in [0, 0.1) is 6.92 Å². The first-order chi connectivity index (χ1) is 7.65. The van der Waals surface area contributed by atoms with E-state index in [9.17, 15) is 0 Å². The molecule has 6 heteroatoms. The van der Waals surface area contributed by atoms with Crippen molar-refractivity contribution in [1.82, 2.24) is 25.3 Å². The first-order valence-electron chi connectivity index (χ1n) is 5.22. The maximum absolute atomic E-state index is 4.20. The zero-order chi connectivity index (χ0) is 11.5. The van der Waals surface area contributed by atoms with Crippen LogP contribution in [-0.4, -0.2) is 26.0 Å². The lowest BCUT2D eigenvalue weighted by atomic mass is 10.4. The molecule has 0 bridgehead atoms. The molecule has 0 atom stereocenters. The van der Waals surface area contributed by atoms with Gasteiger partial charge in [0.15, 0.2) is 0 Å². The number of hydrogen-bond acceptors (Lipinski definition) is 5. The Labute approximate surface area is 98.5 Å². The topological polar surface area (TPSA) is 55.6 Å². The van der Waals surface area contributed by atoms with E-state index in [1.807, 2.05) is 19.3 Å². The van der Waals surface area contributed by atoms with Crippen molar-refractivity contribution >= 4 is 11.3 Å². The molecule has 0 aromatic carbocycles. The van der Waals surface area contributed by atoms with E-state index in [4.69, 9.17) is 0 Å². The molecule has 0 aliphatic heterocycles. The van der Waals surface area contributed by atoms with Crippen LogP contribution in [0.25, 0.3) is 5.13 Å². The third-order valence-corrected chi connectivity index (χ3v) is 2.94. The third kappa shape index (κ3) is 2.65. The van der Waals surface area contributed by atoms with Gasteiger partial charge >= 0.3 is 0 Å². The monoisotopic (exact) mass is 237 g/mol. The van der Waals surface area contributed by atoms with E-state index in [0.717, 1.165) is 22.2 Å². The quantitative estimate of drug-likeness (QED) is 0.876. The number of nitrogens with one attached hydrogen (secondary N) is 1. The molecule has 0 fully saturated rings. The first-order valence-corrected chi connectivity index (χ1v) is 6.04. The highest BCUT2D eigenvalue weighted by atomic mass is 32.1. The minimum absolute atomic E-state index is 0.458. The second kappa shape index (κ2) is 4.71. The van der Waals surface area contributed by atoms with Crippen molar-refractivity contribution in [2.45, 2.75) is 33.4 Å². The van der Waals surface area contributed by atoms with Crippen LogP contribution in [-0.2, 0) is 6.54 Å². The number of aromatic nitrogens is 4. The Morgan fingerprint density at radius 3 is 2.88 bits per heavy atom. The van der Waals surface area contributed by atoms with Gasteiger partial charge in [-0.15, -0.1) is 10.2 Å². The van der Waals surface area contributed by atoms with Crippen LogP contribution in [0.2, 0.25) is 0 Å². The molecule has 2 heterocycles. The third-order valence-electron chi connectivity index (χ3n) is 2.03. The van der Waals surface area contributed by atoms with Crippen molar-refractivity contribution in [2.75, 3.05) is 0 Å². The van der Waals surface area contributed by atoms with Gasteiger partial charge in [-0.2, -0.15) is 5.10 Å². The average Bonchev–Trinajstić information content (AvgIpc) is 2.83. The minimum Gasteiger partial charge on any atom is -0.308 e. The van der Waals surface area contributed by atoms with E-state index in [1.165, 1.54) is 0 Å². The smallest absolute Gasteiger partial charge is 0.232 e. The Bertz CT molecular complexity index is 459. The van der Waals surface area contributed by atoms with Gasteiger partial charge < -0.3 is 5.32 Å². The molecule has 0 spiro atoms. The molecule has 0 amide bonds. The second-order valence-electron chi connectivity index (χ2n) is 3.98. The summed E-state index contributed by atoms with van der Waals surface area (Å²) < 4.78 is 1.76. The summed E-state index contributed by atoms with van der Waals surface area (Å²) in [5.74, 6) is 0. The maximum Gasteiger partial charge on any atom is 0.232 e. The van der Waals surface area contributed by atoms with Crippen LogP contribution >= 0.6 is 11.3 Å². The van der Waals surface area contributed by atoms with Gasteiger partial charge in [-0.05, 0) is 12.5 Å². The van der Waals surface area contributed by atoms with Crippen molar-refractivity contribution in [3.63, 3.8) is 0 Å². The fourth-order valence-corrected chi connectivity index (χ4v) is 1.94. The van der Waals surface area contributed by atoms with Crippen LogP contribution in [0.4, 0.5) is 0 Å². The predicted octanol–water partition coefficient (Wildman–Crippen LogP) is 1.53. The van der Waals surface area contributed by atoms with E-state index in [2.05, 4.69) is 34.5 Å². The second-order valence-corrected chi connectivity index (χ2v) is 5.02. The molecular formula is C10H15N5S. The van der Waals surface area contributed by atoms with E-state index in [0.29, 0.717) is 6.04 Å². The Morgan fingerprint density at radius 2 is 2.25 bits per heavy atom. The molecule has 0 aliphatic carbocycles. The molecule has 0 saturated heterocycles. The SMILES string of the molecule is Cc1cnn(-c2nnc(CNC(C)C)s2)c1. The number of hydrogen-bond donors (Lipinski definition) is 1. The minimum atomic E-state index is 0.458. The first kappa shape index (κ1) is 11.2. The molecule has 2 aromatic heterocycles. The zero-order valence-corrected chi connectivity index (χ0v) is 10.5. The Balaban J connectivity index is 2.07. The largest absolute Gasteiger partial charge is 0.308 e. The molecule has 1 N–H and O–H groups in total. The Kier molecular flexibility index (Phi) is 3.31. The zero-order valence-electron chi connectivity index (χ0n) is 9.64. The fraction of sp³-hybridized carbons (Fsp3) is 0.500. The highest BCUT2D eigenvalue weighted by Gasteiger charge is 2.06. The lowest BCUT2D eigenvalue weighted by Crippen LogP contribution is -2.21. The van der Waals surface area contributed by atoms with Gasteiger partial charge in [0, 0.05) is 18.8 Å². The molecule has 0 aliphatic rings. The summed E-state index contributed by atoms with van der Waals surface area (Å²) in [5, 5.41) is 17.5. The fourth-order valence-electron chi connectivity index (χ4n) is 1.22. The lowest BCUT2D eigenvalue weighted by Gasteiger charge is -2.03. The van der Waals surface area contributed by atoms with Gasteiger partial charge in [0.25, 0.3) is 0 Å². The summed E-state index contributed by atoms with van der Waals surface area (Å²) in [4.78, 5) is 0. The van der Waals surface area contributed by atoms with Gasteiger partial charge in [-0.3, -0.25) is 0 Å². The number of aryl methyl sites for hydroxylation is 1. The van der Waals surface area contributed by atoms with E-state index >= 15 is 0 Å². The molecule has 2 aromatic rings. The summed E-state index contributed by atoms with van der Waals surface area (Å²) in [6, 6.07) is 0.458. The van der Waals surface area contributed by atoms with Gasteiger partial charge in [0.05, 0.1) is 6.20 Å². The molecule has 5 nitrogen and oxygen atoms in total. The van der Waals surface area contributed by atoms with Gasteiger partial charge in [0.1, 0.15) is 5.01 Å². The van der Waals surface area contributed by atoms with Crippen LogP contribution < -0.4 is 5.32 Å². The average molecular weight is 237 g/mol. The molecule has 16 heavy (non-hydrogen) atoms.